The van der Waals surface area contributed by atoms with Gasteiger partial charge in [-0.1, -0.05) is 49.4 Å². The van der Waals surface area contributed by atoms with Crippen LogP contribution in [0.3, 0.4) is 0 Å². The van der Waals surface area contributed by atoms with Crippen molar-refractivity contribution in [3.63, 3.8) is 0 Å². The first kappa shape index (κ1) is 30.2. The van der Waals surface area contributed by atoms with Gasteiger partial charge in [-0.2, -0.15) is 0 Å². The number of ether oxygens (including phenoxy) is 1. The summed E-state index contributed by atoms with van der Waals surface area (Å²) in [7, 11) is 0. The molecule has 0 spiro atoms. The Kier molecular flexibility index (Phi) is 10.1. The predicted octanol–water partition coefficient (Wildman–Crippen LogP) is 3.43. The van der Waals surface area contributed by atoms with E-state index in [0.29, 0.717) is 13.0 Å². The zero-order valence-corrected chi connectivity index (χ0v) is 23.8. The average Bonchev–Trinajstić information content (AvgIpc) is 2.85. The summed E-state index contributed by atoms with van der Waals surface area (Å²) in [5.74, 6) is -0.857. The lowest BCUT2D eigenvalue weighted by molar-refractivity contribution is -0.128. The van der Waals surface area contributed by atoms with E-state index in [1.54, 1.807) is 6.92 Å². The molecule has 8 heteroatoms. The van der Waals surface area contributed by atoms with E-state index < -0.39 is 23.8 Å². The van der Waals surface area contributed by atoms with Crippen LogP contribution in [0.1, 0.15) is 65.0 Å². The third-order valence-electron chi connectivity index (χ3n) is 6.92. The van der Waals surface area contributed by atoms with Gasteiger partial charge in [0.25, 0.3) is 0 Å². The summed E-state index contributed by atoms with van der Waals surface area (Å²) >= 11 is 0. The van der Waals surface area contributed by atoms with Crippen LogP contribution in [0.5, 0.6) is 5.75 Å². The summed E-state index contributed by atoms with van der Waals surface area (Å²) in [6, 6.07) is 16.7. The van der Waals surface area contributed by atoms with Crippen molar-refractivity contribution in [2.45, 2.75) is 90.1 Å². The molecule has 5 N–H and O–H groups in total. The molecule has 2 atom stereocenters. The van der Waals surface area contributed by atoms with Crippen LogP contribution >= 0.6 is 0 Å². The van der Waals surface area contributed by atoms with Crippen LogP contribution in [0, 0.1) is 12.3 Å². The fourth-order valence-corrected chi connectivity index (χ4v) is 5.26. The lowest BCUT2D eigenvalue weighted by Gasteiger charge is -2.46. The summed E-state index contributed by atoms with van der Waals surface area (Å²) in [4.78, 5) is 37.6. The van der Waals surface area contributed by atoms with E-state index in [9.17, 15) is 14.4 Å². The van der Waals surface area contributed by atoms with Crippen molar-refractivity contribution < 1.29 is 19.1 Å². The highest BCUT2D eigenvalue weighted by molar-refractivity contribution is 5.92. The van der Waals surface area contributed by atoms with Crippen LogP contribution in [0.25, 0.3) is 0 Å². The normalized spacial score (nSPS) is 18.0. The Labute approximate surface area is 232 Å². The summed E-state index contributed by atoms with van der Waals surface area (Å²) in [5, 5.41) is 9.65. The first-order chi connectivity index (χ1) is 18.3. The number of benzene rings is 2. The molecule has 211 valence electrons. The second-order valence-corrected chi connectivity index (χ2v) is 11.9. The van der Waals surface area contributed by atoms with Gasteiger partial charge in [-0.3, -0.25) is 14.4 Å². The monoisotopic (exact) mass is 535 g/mol. The van der Waals surface area contributed by atoms with Crippen molar-refractivity contribution in [1.82, 2.24) is 16.0 Å². The van der Waals surface area contributed by atoms with Crippen molar-refractivity contribution in [2.24, 2.45) is 11.7 Å². The number of piperidine rings is 1. The average molecular weight is 536 g/mol. The third-order valence-corrected chi connectivity index (χ3v) is 6.92. The van der Waals surface area contributed by atoms with E-state index in [1.165, 1.54) is 6.42 Å². The largest absolute Gasteiger partial charge is 0.489 e. The van der Waals surface area contributed by atoms with Gasteiger partial charge < -0.3 is 26.4 Å². The highest BCUT2D eigenvalue weighted by Crippen LogP contribution is 2.28. The molecule has 1 saturated heterocycles. The minimum absolute atomic E-state index is 0.0317. The summed E-state index contributed by atoms with van der Waals surface area (Å²) in [5.41, 5.74) is 7.02. The molecule has 0 saturated carbocycles. The van der Waals surface area contributed by atoms with E-state index in [2.05, 4.69) is 43.6 Å². The van der Waals surface area contributed by atoms with Crippen molar-refractivity contribution in [3.8, 4) is 5.75 Å². The Hall–Kier alpha value is -3.39. The van der Waals surface area contributed by atoms with Crippen LogP contribution < -0.4 is 26.4 Å². The van der Waals surface area contributed by atoms with Gasteiger partial charge in [0, 0.05) is 29.5 Å². The summed E-state index contributed by atoms with van der Waals surface area (Å²) in [6.45, 7) is 10.6. The molecule has 1 fully saturated rings. The first-order valence-electron chi connectivity index (χ1n) is 13.6. The van der Waals surface area contributed by atoms with Crippen LogP contribution in [0.15, 0.2) is 54.6 Å². The zero-order valence-electron chi connectivity index (χ0n) is 23.8. The molecule has 3 rings (SSSR count). The van der Waals surface area contributed by atoms with Gasteiger partial charge >= 0.3 is 0 Å². The maximum Gasteiger partial charge on any atom is 0.243 e. The van der Waals surface area contributed by atoms with Gasteiger partial charge in [0.05, 0.1) is 6.42 Å². The zero-order chi connectivity index (χ0) is 28.6. The topological polar surface area (TPSA) is 123 Å². The predicted molar refractivity (Wildman–Crippen MR) is 153 cm³/mol. The Balaban J connectivity index is 1.67. The second-order valence-electron chi connectivity index (χ2n) is 11.9. The number of rotatable bonds is 12. The van der Waals surface area contributed by atoms with Gasteiger partial charge in [-0.15, -0.1) is 0 Å². The van der Waals surface area contributed by atoms with Gasteiger partial charge in [0.1, 0.15) is 18.4 Å². The summed E-state index contributed by atoms with van der Waals surface area (Å²) < 4.78 is 5.88. The molecule has 8 nitrogen and oxygen atoms in total. The van der Waals surface area contributed by atoms with Crippen molar-refractivity contribution in [1.29, 1.82) is 0 Å². The molecule has 2 aromatic rings. The molecule has 2 unspecified atom stereocenters. The highest BCUT2D eigenvalue weighted by atomic mass is 16.5. The van der Waals surface area contributed by atoms with Gasteiger partial charge in [-0.05, 0) is 70.2 Å². The minimum Gasteiger partial charge on any atom is -0.489 e. The highest BCUT2D eigenvalue weighted by Gasteiger charge is 2.39. The van der Waals surface area contributed by atoms with E-state index in [1.807, 2.05) is 54.6 Å². The Morgan fingerprint density at radius 3 is 2.21 bits per heavy atom. The molecule has 0 aromatic heterocycles. The van der Waals surface area contributed by atoms with E-state index in [4.69, 9.17) is 10.5 Å². The van der Waals surface area contributed by atoms with Crippen LogP contribution in [0.4, 0.5) is 0 Å². The molecule has 1 aliphatic rings. The molecule has 1 heterocycles. The molecule has 39 heavy (non-hydrogen) atoms. The molecule has 1 aliphatic heterocycles. The Morgan fingerprint density at radius 1 is 1.00 bits per heavy atom. The van der Waals surface area contributed by atoms with E-state index >= 15 is 0 Å². The molecule has 0 bridgehead atoms. The second kappa shape index (κ2) is 13.1. The maximum absolute atomic E-state index is 13.5. The van der Waals surface area contributed by atoms with Gasteiger partial charge in [0.2, 0.25) is 17.7 Å². The van der Waals surface area contributed by atoms with Crippen molar-refractivity contribution >= 4 is 17.7 Å². The lowest BCUT2D eigenvalue weighted by atomic mass is 9.79. The molecule has 1 radical (unpaired) electrons. The number of nitrogens with one attached hydrogen (secondary N) is 3. The van der Waals surface area contributed by atoms with Crippen LogP contribution in [-0.2, 0) is 27.4 Å². The molecule has 0 aliphatic carbocycles. The number of carbonyl (C=O) groups excluding carboxylic acids is 3. The number of carbonyl (C=O) groups is 3. The van der Waals surface area contributed by atoms with Crippen molar-refractivity contribution in [2.75, 3.05) is 0 Å². The fraction of sp³-hybridized carbons (Fsp3) is 0.484. The van der Waals surface area contributed by atoms with Crippen molar-refractivity contribution in [3.05, 3.63) is 72.1 Å². The SMILES string of the molecule is CC(C[CH]C(=O)NC(Cc1ccc(OCc2ccccc2)cc1)C(=O)NC1CC(C)(C)NC(C)(C)C1)C(N)=O. The van der Waals surface area contributed by atoms with Gasteiger partial charge in [-0.25, -0.2) is 0 Å². The number of hydrogen-bond acceptors (Lipinski definition) is 5. The number of amides is 3. The van der Waals surface area contributed by atoms with Gasteiger partial charge in [0.15, 0.2) is 0 Å². The quantitative estimate of drug-likeness (QED) is 0.332. The lowest BCUT2D eigenvalue weighted by Crippen LogP contribution is -2.63. The standard InChI is InChI=1S/C31H43N4O4/c1-21(28(32)37)11-16-27(36)34-26(29(38)33-24-18-30(2,3)35-31(4,5)19-24)17-22-12-14-25(15-13-22)39-20-23-9-7-6-8-10-23/h6-10,12-16,21,24,26,35H,11,17-20H2,1-5H3,(H2,32,37)(H,33,38)(H,34,36). The Bertz CT molecular complexity index is 1100. The molecule has 2 aromatic carbocycles. The number of nitrogens with two attached hydrogens (primary N) is 1. The summed E-state index contributed by atoms with van der Waals surface area (Å²) in [6.07, 6.45) is 3.46. The maximum atomic E-state index is 13.5. The van der Waals surface area contributed by atoms with E-state index in [-0.39, 0.29) is 29.4 Å². The molecular weight excluding hydrogens is 492 g/mol. The number of hydrogen-bond donors (Lipinski definition) is 4. The molecular formula is C31H43N4O4. The first-order valence-corrected chi connectivity index (χ1v) is 13.6. The fourth-order valence-electron chi connectivity index (χ4n) is 5.26. The van der Waals surface area contributed by atoms with Crippen LogP contribution in [-0.4, -0.2) is 40.9 Å². The third kappa shape index (κ3) is 10.0. The number of primary amides is 1. The van der Waals surface area contributed by atoms with Crippen LogP contribution in [0.2, 0.25) is 0 Å². The molecule has 3 amide bonds. The Morgan fingerprint density at radius 2 is 1.62 bits per heavy atom. The smallest absolute Gasteiger partial charge is 0.243 e. The minimum atomic E-state index is -0.783. The van der Waals surface area contributed by atoms with E-state index in [0.717, 1.165) is 29.7 Å².